The summed E-state index contributed by atoms with van der Waals surface area (Å²) in [6.07, 6.45) is 0.527. The molecule has 0 fully saturated rings. The fraction of sp³-hybridized carbons (Fsp3) is 0.214. The molecule has 0 saturated carbocycles. The minimum absolute atomic E-state index is 0.166. The first kappa shape index (κ1) is 11.9. The zero-order chi connectivity index (χ0) is 12.4. The van der Waals surface area contributed by atoms with Crippen LogP contribution in [0.15, 0.2) is 30.3 Å². The molecular weight excluding hydrogens is 234 g/mol. The van der Waals surface area contributed by atoms with Gasteiger partial charge in [0.15, 0.2) is 5.78 Å². The molecule has 0 aliphatic rings. The number of nitrogens with one attached hydrogen (secondary N) is 1. The van der Waals surface area contributed by atoms with E-state index in [4.69, 9.17) is 11.6 Å². The lowest BCUT2D eigenvalue weighted by atomic mass is 10.1. The zero-order valence-electron chi connectivity index (χ0n) is 9.88. The van der Waals surface area contributed by atoms with E-state index < -0.39 is 0 Å². The summed E-state index contributed by atoms with van der Waals surface area (Å²) in [5.41, 5.74) is 3.68. The van der Waals surface area contributed by atoms with Gasteiger partial charge < -0.3 is 4.98 Å². The smallest absolute Gasteiger partial charge is 0.164 e. The molecule has 17 heavy (non-hydrogen) atoms. The topological polar surface area (TPSA) is 32.9 Å². The second-order valence-electron chi connectivity index (χ2n) is 4.01. The number of hydrogen-bond acceptors (Lipinski definition) is 1. The van der Waals surface area contributed by atoms with Gasteiger partial charge in [0.25, 0.3) is 0 Å². The highest BCUT2D eigenvalue weighted by Gasteiger charge is 2.11. The van der Waals surface area contributed by atoms with Crippen LogP contribution < -0.4 is 0 Å². The summed E-state index contributed by atoms with van der Waals surface area (Å²) in [5.74, 6) is 0.166. The highest BCUT2D eigenvalue weighted by molar-refractivity contribution is 6.30. The van der Waals surface area contributed by atoms with E-state index in [2.05, 4.69) is 4.98 Å². The Bertz CT molecular complexity index is 540. The number of carbonyl (C=O) groups excluding carboxylic acids is 1. The van der Waals surface area contributed by atoms with Crippen molar-refractivity contribution in [3.05, 3.63) is 46.6 Å². The van der Waals surface area contributed by atoms with Crippen LogP contribution in [0.2, 0.25) is 5.02 Å². The number of hydrogen-bond donors (Lipinski definition) is 1. The maximum absolute atomic E-state index is 11.7. The van der Waals surface area contributed by atoms with E-state index in [9.17, 15) is 4.79 Å². The first-order valence-corrected chi connectivity index (χ1v) is 5.98. The van der Waals surface area contributed by atoms with E-state index in [1.54, 1.807) is 0 Å². The van der Waals surface area contributed by atoms with Crippen molar-refractivity contribution < 1.29 is 4.79 Å². The second-order valence-corrected chi connectivity index (χ2v) is 4.44. The predicted molar refractivity (Wildman–Crippen MR) is 70.6 cm³/mol. The molecule has 2 aromatic rings. The quantitative estimate of drug-likeness (QED) is 0.809. The molecule has 0 atom stereocenters. The molecule has 1 heterocycles. The third-order valence-electron chi connectivity index (χ3n) is 2.79. The van der Waals surface area contributed by atoms with E-state index >= 15 is 0 Å². The number of aromatic amines is 1. The number of aromatic nitrogens is 1. The average Bonchev–Trinajstić information content (AvgIpc) is 2.71. The van der Waals surface area contributed by atoms with Crippen LogP contribution in [0.4, 0.5) is 0 Å². The van der Waals surface area contributed by atoms with Gasteiger partial charge in [0.2, 0.25) is 0 Å². The Balaban J connectivity index is 2.41. The number of rotatable bonds is 3. The van der Waals surface area contributed by atoms with Gasteiger partial charge in [-0.25, -0.2) is 0 Å². The number of halogens is 1. The van der Waals surface area contributed by atoms with Gasteiger partial charge in [-0.15, -0.1) is 0 Å². The van der Waals surface area contributed by atoms with Crippen molar-refractivity contribution in [2.24, 2.45) is 0 Å². The molecule has 1 N–H and O–H groups in total. The molecule has 0 spiro atoms. The van der Waals surface area contributed by atoms with Crippen molar-refractivity contribution in [2.75, 3.05) is 0 Å². The third-order valence-corrected chi connectivity index (χ3v) is 3.04. The Morgan fingerprint density at radius 1 is 1.29 bits per heavy atom. The van der Waals surface area contributed by atoms with Crippen LogP contribution in [0.5, 0.6) is 0 Å². The van der Waals surface area contributed by atoms with Crippen LogP contribution in [0, 0.1) is 6.92 Å². The lowest BCUT2D eigenvalue weighted by Crippen LogP contribution is -1.96. The summed E-state index contributed by atoms with van der Waals surface area (Å²) in [6.45, 7) is 3.79. The summed E-state index contributed by atoms with van der Waals surface area (Å²) >= 11 is 5.84. The summed E-state index contributed by atoms with van der Waals surface area (Å²) in [4.78, 5) is 14.9. The fourth-order valence-corrected chi connectivity index (χ4v) is 1.95. The SMILES string of the molecule is CCC(=O)c1cc(-c2ccc(Cl)cc2)[nH]c1C. The summed E-state index contributed by atoms with van der Waals surface area (Å²) in [5, 5.41) is 0.710. The van der Waals surface area contributed by atoms with Gasteiger partial charge in [0.05, 0.1) is 0 Å². The number of aryl methyl sites for hydroxylation is 1. The van der Waals surface area contributed by atoms with Gasteiger partial charge in [-0.1, -0.05) is 30.7 Å². The van der Waals surface area contributed by atoms with Crippen molar-refractivity contribution in [1.29, 1.82) is 0 Å². The van der Waals surface area contributed by atoms with E-state index in [1.165, 1.54) is 0 Å². The van der Waals surface area contributed by atoms with Gasteiger partial charge in [-0.3, -0.25) is 4.79 Å². The van der Waals surface area contributed by atoms with Crippen molar-refractivity contribution in [2.45, 2.75) is 20.3 Å². The molecule has 2 rings (SSSR count). The van der Waals surface area contributed by atoms with Gasteiger partial charge in [0.1, 0.15) is 0 Å². The number of ketones is 1. The first-order valence-electron chi connectivity index (χ1n) is 5.60. The molecule has 0 radical (unpaired) electrons. The molecule has 3 heteroatoms. The van der Waals surface area contributed by atoms with Crippen LogP contribution in [-0.2, 0) is 0 Å². The largest absolute Gasteiger partial charge is 0.358 e. The lowest BCUT2D eigenvalue weighted by molar-refractivity contribution is 0.0988. The molecule has 1 aromatic carbocycles. The minimum Gasteiger partial charge on any atom is -0.358 e. The molecular formula is C14H14ClNO. The minimum atomic E-state index is 0.166. The molecule has 0 amide bonds. The lowest BCUT2D eigenvalue weighted by Gasteiger charge is -1.97. The molecule has 1 aromatic heterocycles. The standard InChI is InChI=1S/C14H14ClNO/c1-3-14(17)12-8-13(16-9(12)2)10-4-6-11(15)7-5-10/h4-8,16H,3H2,1-2H3. The maximum atomic E-state index is 11.7. The summed E-state index contributed by atoms with van der Waals surface area (Å²) < 4.78 is 0. The molecule has 0 aliphatic carbocycles. The monoisotopic (exact) mass is 247 g/mol. The molecule has 0 unspecified atom stereocenters. The Kier molecular flexibility index (Phi) is 3.34. The maximum Gasteiger partial charge on any atom is 0.164 e. The van der Waals surface area contributed by atoms with Crippen molar-refractivity contribution in [3.63, 3.8) is 0 Å². The molecule has 2 nitrogen and oxygen atoms in total. The normalized spacial score (nSPS) is 10.5. The highest BCUT2D eigenvalue weighted by atomic mass is 35.5. The van der Waals surface area contributed by atoms with Crippen LogP contribution >= 0.6 is 11.6 Å². The molecule has 88 valence electrons. The number of H-pyrrole nitrogens is 1. The van der Waals surface area contributed by atoms with E-state index in [-0.39, 0.29) is 5.78 Å². The Morgan fingerprint density at radius 2 is 1.94 bits per heavy atom. The number of benzene rings is 1. The Hall–Kier alpha value is -1.54. The highest BCUT2D eigenvalue weighted by Crippen LogP contribution is 2.24. The van der Waals surface area contributed by atoms with Crippen LogP contribution in [0.25, 0.3) is 11.3 Å². The van der Waals surface area contributed by atoms with Gasteiger partial charge in [-0.2, -0.15) is 0 Å². The summed E-state index contributed by atoms with van der Waals surface area (Å²) in [6, 6.07) is 9.47. The van der Waals surface area contributed by atoms with Crippen molar-refractivity contribution in [3.8, 4) is 11.3 Å². The zero-order valence-corrected chi connectivity index (χ0v) is 10.6. The van der Waals surface area contributed by atoms with E-state index in [1.807, 2.05) is 44.2 Å². The first-order chi connectivity index (χ1) is 8.11. The van der Waals surface area contributed by atoms with E-state index in [0.29, 0.717) is 11.4 Å². The Morgan fingerprint density at radius 3 is 2.53 bits per heavy atom. The van der Waals surface area contributed by atoms with Crippen LogP contribution in [0.3, 0.4) is 0 Å². The number of carbonyl (C=O) groups is 1. The Labute approximate surface area is 106 Å². The second kappa shape index (κ2) is 4.76. The molecule has 0 bridgehead atoms. The van der Waals surface area contributed by atoms with Crippen LogP contribution in [0.1, 0.15) is 29.4 Å². The molecule has 0 saturated heterocycles. The van der Waals surface area contributed by atoms with Gasteiger partial charge >= 0.3 is 0 Å². The average molecular weight is 248 g/mol. The van der Waals surface area contributed by atoms with Crippen molar-refractivity contribution >= 4 is 17.4 Å². The fourth-order valence-electron chi connectivity index (χ4n) is 1.82. The summed E-state index contributed by atoms with van der Waals surface area (Å²) in [7, 11) is 0. The molecule has 0 aliphatic heterocycles. The van der Waals surface area contributed by atoms with Crippen LogP contribution in [-0.4, -0.2) is 10.8 Å². The van der Waals surface area contributed by atoms with Crippen molar-refractivity contribution in [1.82, 2.24) is 4.98 Å². The van der Waals surface area contributed by atoms with Gasteiger partial charge in [-0.05, 0) is 30.7 Å². The van der Waals surface area contributed by atoms with E-state index in [0.717, 1.165) is 22.5 Å². The predicted octanol–water partition coefficient (Wildman–Crippen LogP) is 4.24. The number of Topliss-reactive ketones (excluding diaryl/α,β-unsaturated/α-hetero) is 1. The van der Waals surface area contributed by atoms with Gasteiger partial charge in [0, 0.05) is 28.4 Å². The third kappa shape index (κ3) is 2.42.